The van der Waals surface area contributed by atoms with Gasteiger partial charge in [-0.15, -0.1) is 0 Å². The summed E-state index contributed by atoms with van der Waals surface area (Å²) in [5.41, 5.74) is 1.74. The highest BCUT2D eigenvalue weighted by Crippen LogP contribution is 2.48. The van der Waals surface area contributed by atoms with Gasteiger partial charge < -0.3 is 15.4 Å². The number of amides is 2. The molecule has 1 saturated carbocycles. The first-order valence-corrected chi connectivity index (χ1v) is 8.74. The van der Waals surface area contributed by atoms with Crippen LogP contribution in [0, 0.1) is 6.92 Å². The lowest BCUT2D eigenvalue weighted by atomic mass is 9.73. The van der Waals surface area contributed by atoms with Crippen molar-refractivity contribution in [1.29, 1.82) is 0 Å². The SMILES string of the molecule is Cc1nccc(CNC(=O)N[C@H]2CC3(CCC3)Oc3ccccc32)n1. The van der Waals surface area contributed by atoms with Crippen molar-refractivity contribution in [2.75, 3.05) is 0 Å². The van der Waals surface area contributed by atoms with Gasteiger partial charge in [0.25, 0.3) is 0 Å². The Morgan fingerprint density at radius 2 is 2.16 bits per heavy atom. The van der Waals surface area contributed by atoms with Gasteiger partial charge in [0.1, 0.15) is 17.2 Å². The van der Waals surface area contributed by atoms with Crippen LogP contribution in [0.3, 0.4) is 0 Å². The Morgan fingerprint density at radius 3 is 2.92 bits per heavy atom. The second-order valence-corrected chi connectivity index (χ2v) is 6.86. The van der Waals surface area contributed by atoms with E-state index < -0.39 is 0 Å². The standard InChI is InChI=1S/C19H22N4O2/c1-13-20-10-7-14(22-13)12-21-18(24)23-16-11-19(8-4-9-19)25-17-6-3-2-5-15(16)17/h2-3,5-7,10,16H,4,8-9,11-12H2,1H3,(H2,21,23,24)/t16-/m0/s1. The van der Waals surface area contributed by atoms with Gasteiger partial charge in [0.2, 0.25) is 0 Å². The molecule has 6 heteroatoms. The summed E-state index contributed by atoms with van der Waals surface area (Å²) in [5.74, 6) is 1.59. The molecule has 0 radical (unpaired) electrons. The van der Waals surface area contributed by atoms with Gasteiger partial charge in [-0.25, -0.2) is 14.8 Å². The van der Waals surface area contributed by atoms with E-state index in [2.05, 4.69) is 20.6 Å². The van der Waals surface area contributed by atoms with E-state index in [1.165, 1.54) is 6.42 Å². The molecule has 1 atom stereocenters. The van der Waals surface area contributed by atoms with Crippen molar-refractivity contribution < 1.29 is 9.53 Å². The van der Waals surface area contributed by atoms with E-state index in [1.54, 1.807) is 12.3 Å². The smallest absolute Gasteiger partial charge is 0.315 e. The van der Waals surface area contributed by atoms with Gasteiger partial charge in [-0.1, -0.05) is 18.2 Å². The van der Waals surface area contributed by atoms with Crippen molar-refractivity contribution in [3.63, 3.8) is 0 Å². The van der Waals surface area contributed by atoms with Gasteiger partial charge in [-0.05, 0) is 38.3 Å². The number of urea groups is 1. The Kier molecular flexibility index (Phi) is 4.03. The van der Waals surface area contributed by atoms with E-state index in [-0.39, 0.29) is 17.7 Å². The highest BCUT2D eigenvalue weighted by molar-refractivity contribution is 5.74. The number of fused-ring (bicyclic) bond motifs is 1. The molecule has 2 heterocycles. The molecule has 0 bridgehead atoms. The number of nitrogens with one attached hydrogen (secondary N) is 2. The van der Waals surface area contributed by atoms with Crippen molar-refractivity contribution >= 4 is 6.03 Å². The summed E-state index contributed by atoms with van der Waals surface area (Å²) < 4.78 is 6.22. The van der Waals surface area contributed by atoms with Crippen molar-refractivity contribution in [1.82, 2.24) is 20.6 Å². The van der Waals surface area contributed by atoms with E-state index >= 15 is 0 Å². The summed E-state index contributed by atoms with van der Waals surface area (Å²) in [6.45, 7) is 2.21. The first-order valence-electron chi connectivity index (χ1n) is 8.74. The molecular weight excluding hydrogens is 316 g/mol. The Balaban J connectivity index is 1.43. The number of rotatable bonds is 3. The summed E-state index contributed by atoms with van der Waals surface area (Å²) in [7, 11) is 0. The van der Waals surface area contributed by atoms with Crippen LogP contribution in [0.25, 0.3) is 0 Å². The van der Waals surface area contributed by atoms with E-state index in [9.17, 15) is 4.79 Å². The van der Waals surface area contributed by atoms with Crippen LogP contribution in [0.15, 0.2) is 36.5 Å². The highest BCUT2D eigenvalue weighted by Gasteiger charge is 2.45. The molecular formula is C19H22N4O2. The van der Waals surface area contributed by atoms with Gasteiger partial charge in [-0.3, -0.25) is 0 Å². The number of hydrogen-bond donors (Lipinski definition) is 2. The van der Waals surface area contributed by atoms with Gasteiger partial charge in [0.05, 0.1) is 18.3 Å². The molecule has 0 unspecified atom stereocenters. The van der Waals surface area contributed by atoms with Gasteiger partial charge in [-0.2, -0.15) is 0 Å². The molecule has 4 rings (SSSR count). The molecule has 2 aliphatic rings. The fraction of sp³-hybridized carbons (Fsp3) is 0.421. The average molecular weight is 338 g/mol. The third-order valence-corrected chi connectivity index (χ3v) is 5.03. The molecule has 1 fully saturated rings. The topological polar surface area (TPSA) is 76.1 Å². The monoisotopic (exact) mass is 338 g/mol. The number of ether oxygens (including phenoxy) is 1. The van der Waals surface area contributed by atoms with Crippen LogP contribution in [0.5, 0.6) is 5.75 Å². The average Bonchev–Trinajstić information content (AvgIpc) is 2.58. The fourth-order valence-corrected chi connectivity index (χ4v) is 3.61. The second kappa shape index (κ2) is 6.35. The summed E-state index contributed by atoms with van der Waals surface area (Å²) in [4.78, 5) is 20.8. The zero-order valence-electron chi connectivity index (χ0n) is 14.3. The Hall–Kier alpha value is -2.63. The van der Waals surface area contributed by atoms with Crippen LogP contribution in [-0.2, 0) is 6.54 Å². The van der Waals surface area contributed by atoms with E-state index in [1.807, 2.05) is 31.2 Å². The first kappa shape index (κ1) is 15.9. The maximum absolute atomic E-state index is 12.4. The molecule has 25 heavy (non-hydrogen) atoms. The van der Waals surface area contributed by atoms with Crippen LogP contribution in [0.1, 0.15) is 48.8 Å². The summed E-state index contributed by atoms with van der Waals surface area (Å²) >= 11 is 0. The van der Waals surface area contributed by atoms with Gasteiger partial charge in [0.15, 0.2) is 0 Å². The van der Waals surface area contributed by atoms with Crippen LogP contribution < -0.4 is 15.4 Å². The number of aromatic nitrogens is 2. The van der Waals surface area contributed by atoms with Crippen LogP contribution in [0.2, 0.25) is 0 Å². The third kappa shape index (κ3) is 3.29. The largest absolute Gasteiger partial charge is 0.487 e. The first-order chi connectivity index (χ1) is 12.1. The summed E-state index contributed by atoms with van der Waals surface area (Å²) in [5, 5.41) is 6.00. The van der Waals surface area contributed by atoms with Gasteiger partial charge in [0, 0.05) is 18.2 Å². The number of carbonyl (C=O) groups is 1. The van der Waals surface area contributed by atoms with Crippen LogP contribution in [-0.4, -0.2) is 21.6 Å². The molecule has 130 valence electrons. The third-order valence-electron chi connectivity index (χ3n) is 5.03. The lowest BCUT2D eigenvalue weighted by molar-refractivity contribution is -0.0355. The maximum Gasteiger partial charge on any atom is 0.315 e. The minimum atomic E-state index is -0.188. The molecule has 6 nitrogen and oxygen atoms in total. The molecule has 0 saturated heterocycles. The van der Waals surface area contributed by atoms with E-state index in [4.69, 9.17) is 4.74 Å². The number of nitrogens with zero attached hydrogens (tertiary/aromatic N) is 2. The van der Waals surface area contributed by atoms with Crippen LogP contribution >= 0.6 is 0 Å². The van der Waals surface area contributed by atoms with Crippen molar-refractivity contribution in [2.45, 2.75) is 50.8 Å². The molecule has 2 aromatic rings. The minimum Gasteiger partial charge on any atom is -0.487 e. The molecule has 1 aromatic carbocycles. The molecule has 2 amide bonds. The highest BCUT2D eigenvalue weighted by atomic mass is 16.5. The zero-order chi connectivity index (χ0) is 17.3. The lowest BCUT2D eigenvalue weighted by Gasteiger charge is -2.48. The lowest BCUT2D eigenvalue weighted by Crippen LogP contribution is -2.50. The normalized spacial score (nSPS) is 20.1. The predicted molar refractivity (Wildman–Crippen MR) is 93.2 cm³/mol. The summed E-state index contributed by atoms with van der Waals surface area (Å²) in [6.07, 6.45) is 5.83. The number of benzene rings is 1. The molecule has 1 spiro atoms. The molecule has 2 N–H and O–H groups in total. The number of aryl methyl sites for hydroxylation is 1. The number of hydrogen-bond acceptors (Lipinski definition) is 4. The van der Waals surface area contributed by atoms with Crippen molar-refractivity contribution in [3.8, 4) is 5.75 Å². The second-order valence-electron chi connectivity index (χ2n) is 6.86. The quantitative estimate of drug-likeness (QED) is 0.902. The van der Waals surface area contributed by atoms with E-state index in [0.29, 0.717) is 12.4 Å². The van der Waals surface area contributed by atoms with Crippen molar-refractivity contribution in [2.24, 2.45) is 0 Å². The van der Waals surface area contributed by atoms with E-state index in [0.717, 1.165) is 36.3 Å². The Labute approximate surface area is 147 Å². The van der Waals surface area contributed by atoms with Gasteiger partial charge >= 0.3 is 6.03 Å². The fourth-order valence-electron chi connectivity index (χ4n) is 3.61. The maximum atomic E-state index is 12.4. The predicted octanol–water partition coefficient (Wildman–Crippen LogP) is 3.03. The number of para-hydroxylation sites is 1. The van der Waals surface area contributed by atoms with Crippen molar-refractivity contribution in [3.05, 3.63) is 53.6 Å². The summed E-state index contributed by atoms with van der Waals surface area (Å²) in [6, 6.07) is 9.57. The number of carbonyl (C=O) groups excluding carboxylic acids is 1. The molecule has 1 aliphatic heterocycles. The van der Waals surface area contributed by atoms with Crippen LogP contribution in [0.4, 0.5) is 4.79 Å². The molecule has 1 aromatic heterocycles. The minimum absolute atomic E-state index is 0.0302. The molecule has 1 aliphatic carbocycles. The Bertz CT molecular complexity index is 788. The zero-order valence-corrected chi connectivity index (χ0v) is 14.3. The Morgan fingerprint density at radius 1 is 1.32 bits per heavy atom.